The largest absolute Gasteiger partial charge is 0.508 e. The Labute approximate surface area is 202 Å². The van der Waals surface area contributed by atoms with Crippen LogP contribution in [-0.4, -0.2) is 53.2 Å². The van der Waals surface area contributed by atoms with E-state index in [0.29, 0.717) is 25.3 Å². The van der Waals surface area contributed by atoms with Crippen LogP contribution in [0.3, 0.4) is 0 Å². The van der Waals surface area contributed by atoms with Crippen molar-refractivity contribution in [1.29, 1.82) is 0 Å². The minimum Gasteiger partial charge on any atom is -0.508 e. The number of para-hydroxylation sites is 2. The van der Waals surface area contributed by atoms with Gasteiger partial charge < -0.3 is 19.7 Å². The molecule has 3 aromatic carbocycles. The molecule has 3 atom stereocenters. The monoisotopic (exact) mass is 464 g/mol. The highest BCUT2D eigenvalue weighted by Crippen LogP contribution is 2.19. The molecule has 0 radical (unpaired) electrons. The quantitative estimate of drug-likeness (QED) is 0.332. The fourth-order valence-electron chi connectivity index (χ4n) is 3.90. The lowest BCUT2D eigenvalue weighted by Gasteiger charge is -2.31. The maximum Gasteiger partial charge on any atom is 0.144 e. The van der Waals surface area contributed by atoms with Crippen molar-refractivity contribution in [3.8, 4) is 17.2 Å². The van der Waals surface area contributed by atoms with Gasteiger partial charge in [-0.2, -0.15) is 0 Å². The minimum absolute atomic E-state index is 0.164. The van der Waals surface area contributed by atoms with E-state index in [1.165, 1.54) is 5.56 Å². The number of nitrogens with zero attached hydrogens (tertiary/aromatic N) is 1. The molecule has 4 N–H and O–H groups in total. The van der Waals surface area contributed by atoms with Crippen LogP contribution in [0.4, 0.5) is 0 Å². The summed E-state index contributed by atoms with van der Waals surface area (Å²) in [6.07, 6.45) is 0.499. The van der Waals surface area contributed by atoms with E-state index in [4.69, 9.17) is 15.2 Å². The number of aliphatic hydroxyl groups is 1. The molecule has 0 saturated carbocycles. The zero-order chi connectivity index (χ0) is 24.3. The first-order chi connectivity index (χ1) is 16.4. The number of phenols is 1. The molecule has 0 bridgehead atoms. The average Bonchev–Trinajstić information content (AvgIpc) is 2.83. The summed E-state index contributed by atoms with van der Waals surface area (Å²) in [7, 11) is 0. The van der Waals surface area contributed by atoms with Gasteiger partial charge >= 0.3 is 0 Å². The highest BCUT2D eigenvalue weighted by Gasteiger charge is 2.19. The van der Waals surface area contributed by atoms with Crippen LogP contribution >= 0.6 is 0 Å². The van der Waals surface area contributed by atoms with Crippen LogP contribution in [0.5, 0.6) is 17.2 Å². The zero-order valence-corrected chi connectivity index (χ0v) is 20.0. The summed E-state index contributed by atoms with van der Waals surface area (Å²) in [6, 6.07) is 25.0. The van der Waals surface area contributed by atoms with Crippen LogP contribution in [0.2, 0.25) is 0 Å². The second-order valence-corrected chi connectivity index (χ2v) is 8.67. The Balaban J connectivity index is 1.63. The van der Waals surface area contributed by atoms with E-state index in [1.54, 1.807) is 13.0 Å². The summed E-state index contributed by atoms with van der Waals surface area (Å²) in [4.78, 5) is 2.25. The van der Waals surface area contributed by atoms with Gasteiger partial charge in [0.1, 0.15) is 36.2 Å². The third-order valence-electron chi connectivity index (χ3n) is 5.69. The molecule has 6 nitrogen and oxygen atoms in total. The normalized spacial score (nSPS) is 13.9. The second-order valence-electron chi connectivity index (χ2n) is 8.67. The van der Waals surface area contributed by atoms with E-state index in [9.17, 15) is 10.2 Å². The van der Waals surface area contributed by atoms with Crippen LogP contribution in [0, 0.1) is 0 Å². The van der Waals surface area contributed by atoms with Crippen molar-refractivity contribution in [3.05, 3.63) is 90.0 Å². The number of benzene rings is 3. The molecular weight excluding hydrogens is 428 g/mol. The van der Waals surface area contributed by atoms with Crippen molar-refractivity contribution in [2.75, 3.05) is 19.7 Å². The van der Waals surface area contributed by atoms with Gasteiger partial charge in [-0.1, -0.05) is 48.5 Å². The van der Waals surface area contributed by atoms with Crippen molar-refractivity contribution in [1.82, 2.24) is 4.90 Å². The van der Waals surface area contributed by atoms with Crippen LogP contribution in [0.15, 0.2) is 78.9 Å². The molecule has 3 rings (SSSR count). The van der Waals surface area contributed by atoms with Crippen molar-refractivity contribution in [3.63, 3.8) is 0 Å². The molecule has 0 aromatic heterocycles. The number of rotatable bonds is 13. The van der Waals surface area contributed by atoms with Gasteiger partial charge in [0.2, 0.25) is 0 Å². The summed E-state index contributed by atoms with van der Waals surface area (Å²) >= 11 is 0. The predicted octanol–water partition coefficient (Wildman–Crippen LogP) is 3.99. The molecule has 6 heteroatoms. The van der Waals surface area contributed by atoms with Crippen LogP contribution in [-0.2, 0) is 12.8 Å². The van der Waals surface area contributed by atoms with Gasteiger partial charge in [-0.15, -0.1) is 0 Å². The van der Waals surface area contributed by atoms with Crippen molar-refractivity contribution in [2.45, 2.75) is 45.1 Å². The highest BCUT2D eigenvalue weighted by atomic mass is 16.5. The second kappa shape index (κ2) is 13.0. The maximum atomic E-state index is 10.7. The van der Waals surface area contributed by atoms with Crippen LogP contribution < -0.4 is 15.2 Å². The third-order valence-corrected chi connectivity index (χ3v) is 5.69. The van der Waals surface area contributed by atoms with Crippen LogP contribution in [0.1, 0.15) is 25.0 Å². The lowest BCUT2D eigenvalue weighted by atomic mass is 10.0. The number of phenolic OH excluding ortho intramolecular Hbond substituents is 1. The standard InChI is InChI=1S/C28H36N2O4/c1-21(18-23-12-14-27(15-13-23)34-22(2)29)30(17-16-24-8-6-7-11-28(24)32)19-25(31)20-33-26-9-4-3-5-10-26/h3-15,21-22,25,31-32H,16-20,29H2,1-2H3. The molecule has 0 spiro atoms. The molecule has 0 amide bonds. The molecular formula is C28H36N2O4. The van der Waals surface area contributed by atoms with Crippen molar-refractivity contribution >= 4 is 0 Å². The molecule has 182 valence electrons. The Morgan fingerprint density at radius 2 is 1.56 bits per heavy atom. The van der Waals surface area contributed by atoms with Gasteiger partial charge in [0.15, 0.2) is 0 Å². The number of hydrogen-bond acceptors (Lipinski definition) is 6. The Hall–Kier alpha value is -3.06. The van der Waals surface area contributed by atoms with Crippen molar-refractivity contribution < 1.29 is 19.7 Å². The molecule has 0 fully saturated rings. The number of aliphatic hydroxyl groups excluding tert-OH is 1. The first kappa shape index (κ1) is 25.6. The van der Waals surface area contributed by atoms with E-state index in [2.05, 4.69) is 11.8 Å². The fourth-order valence-corrected chi connectivity index (χ4v) is 3.90. The van der Waals surface area contributed by atoms with E-state index < -0.39 is 6.10 Å². The molecule has 0 aliphatic heterocycles. The summed E-state index contributed by atoms with van der Waals surface area (Å²) in [6.45, 7) is 5.33. The lowest BCUT2D eigenvalue weighted by molar-refractivity contribution is 0.0551. The van der Waals surface area contributed by atoms with Gasteiger partial charge in [-0.3, -0.25) is 10.6 Å². The summed E-state index contributed by atoms with van der Waals surface area (Å²) in [5, 5.41) is 20.9. The number of nitrogens with two attached hydrogens (primary N) is 1. The van der Waals surface area contributed by atoms with E-state index in [0.717, 1.165) is 23.5 Å². The number of hydrogen-bond donors (Lipinski definition) is 3. The first-order valence-electron chi connectivity index (χ1n) is 11.8. The van der Waals surface area contributed by atoms with Gasteiger partial charge in [0.05, 0.1) is 0 Å². The molecule has 34 heavy (non-hydrogen) atoms. The Bertz CT molecular complexity index is 979. The molecule has 0 saturated heterocycles. The summed E-state index contributed by atoms with van der Waals surface area (Å²) < 4.78 is 11.3. The van der Waals surface area contributed by atoms with Gasteiger partial charge in [0.25, 0.3) is 0 Å². The van der Waals surface area contributed by atoms with Gasteiger partial charge in [-0.25, -0.2) is 0 Å². The third kappa shape index (κ3) is 8.37. The van der Waals surface area contributed by atoms with E-state index >= 15 is 0 Å². The highest BCUT2D eigenvalue weighted by molar-refractivity contribution is 5.32. The topological polar surface area (TPSA) is 88.2 Å². The first-order valence-corrected chi connectivity index (χ1v) is 11.8. The van der Waals surface area contributed by atoms with Crippen molar-refractivity contribution in [2.24, 2.45) is 5.73 Å². The Kier molecular flexibility index (Phi) is 9.76. The van der Waals surface area contributed by atoms with Crippen LogP contribution in [0.25, 0.3) is 0 Å². The predicted molar refractivity (Wildman–Crippen MR) is 135 cm³/mol. The smallest absolute Gasteiger partial charge is 0.144 e. The Morgan fingerprint density at radius 3 is 2.24 bits per heavy atom. The SMILES string of the molecule is CC(N)Oc1ccc(CC(C)N(CCc2ccccc2O)CC(O)COc2ccccc2)cc1. The lowest BCUT2D eigenvalue weighted by Crippen LogP contribution is -2.43. The molecule has 3 aromatic rings. The fraction of sp³-hybridized carbons (Fsp3) is 0.357. The summed E-state index contributed by atoms with van der Waals surface area (Å²) in [5.41, 5.74) is 7.77. The number of ether oxygens (including phenoxy) is 2. The maximum absolute atomic E-state index is 10.7. The van der Waals surface area contributed by atoms with E-state index in [1.807, 2.05) is 72.8 Å². The van der Waals surface area contributed by atoms with Gasteiger partial charge in [0, 0.05) is 19.1 Å². The van der Waals surface area contributed by atoms with E-state index in [-0.39, 0.29) is 18.9 Å². The molecule has 0 aliphatic carbocycles. The minimum atomic E-state index is -0.645. The molecule has 0 heterocycles. The molecule has 3 unspecified atom stereocenters. The summed E-state index contributed by atoms with van der Waals surface area (Å²) in [5.74, 6) is 1.79. The van der Waals surface area contributed by atoms with Gasteiger partial charge in [-0.05, 0) is 68.1 Å². The Morgan fingerprint density at radius 1 is 0.882 bits per heavy atom. The average molecular weight is 465 g/mol. The molecule has 0 aliphatic rings. The number of aromatic hydroxyl groups is 1. The zero-order valence-electron chi connectivity index (χ0n) is 20.0.